The Hall–Kier alpha value is -2.10. The summed E-state index contributed by atoms with van der Waals surface area (Å²) in [6.45, 7) is 6.31. The second-order valence-corrected chi connectivity index (χ2v) is 10.4. The molecule has 7 nitrogen and oxygen atoms in total. The standard InChI is InChI=1S/C22H26ClN5O2S2/c1-13-6-4-7-14(2)28(13)22-27-26-21(32-22)25-19(29)12-31-11-18-15(3)30-20(24-18)16-8-5-9-17(23)10-16/h5,8-10,13-14H,4,6-7,11-12H2,1-3H3,(H,25,26,29). The average Bonchev–Trinajstić information content (AvgIpc) is 3.35. The van der Waals surface area contributed by atoms with E-state index < -0.39 is 0 Å². The number of aromatic nitrogens is 3. The summed E-state index contributed by atoms with van der Waals surface area (Å²) in [7, 11) is 0. The third-order valence-corrected chi connectivity index (χ3v) is 7.54. The molecule has 1 N–H and O–H groups in total. The molecule has 1 aliphatic heterocycles. The molecule has 2 atom stereocenters. The molecule has 3 heterocycles. The van der Waals surface area contributed by atoms with E-state index >= 15 is 0 Å². The summed E-state index contributed by atoms with van der Waals surface area (Å²) >= 11 is 8.97. The summed E-state index contributed by atoms with van der Waals surface area (Å²) in [5, 5.41) is 13.4. The largest absolute Gasteiger partial charge is 0.441 e. The number of carbonyl (C=O) groups excluding carboxylic acids is 1. The Kier molecular flexibility index (Phi) is 7.37. The molecular formula is C22H26ClN5O2S2. The SMILES string of the molecule is Cc1oc(-c2cccc(Cl)c2)nc1CSCC(=O)Nc1nnc(N2C(C)CCCC2C)s1. The van der Waals surface area contributed by atoms with Crippen LogP contribution in [-0.4, -0.2) is 38.9 Å². The van der Waals surface area contributed by atoms with Crippen molar-refractivity contribution in [2.24, 2.45) is 0 Å². The van der Waals surface area contributed by atoms with Crippen molar-refractivity contribution in [2.75, 3.05) is 16.0 Å². The van der Waals surface area contributed by atoms with Gasteiger partial charge >= 0.3 is 0 Å². The number of amides is 1. The van der Waals surface area contributed by atoms with Crippen molar-refractivity contribution in [1.82, 2.24) is 15.2 Å². The Morgan fingerprint density at radius 1 is 1.31 bits per heavy atom. The maximum atomic E-state index is 12.4. The number of anilines is 2. The number of aryl methyl sites for hydroxylation is 1. The highest BCUT2D eigenvalue weighted by Crippen LogP contribution is 2.33. The predicted molar refractivity (Wildman–Crippen MR) is 132 cm³/mol. The summed E-state index contributed by atoms with van der Waals surface area (Å²) in [6.07, 6.45) is 3.55. The molecule has 1 amide bonds. The number of halogens is 1. The van der Waals surface area contributed by atoms with Crippen molar-refractivity contribution in [3.63, 3.8) is 0 Å². The van der Waals surface area contributed by atoms with Crippen molar-refractivity contribution in [3.8, 4) is 11.5 Å². The molecule has 0 bridgehead atoms. The Labute approximate surface area is 201 Å². The van der Waals surface area contributed by atoms with Crippen molar-refractivity contribution < 1.29 is 9.21 Å². The first-order valence-corrected chi connectivity index (χ1v) is 13.0. The van der Waals surface area contributed by atoms with Crippen LogP contribution in [0.15, 0.2) is 28.7 Å². The number of carbonyl (C=O) groups is 1. The van der Waals surface area contributed by atoms with Crippen LogP contribution in [-0.2, 0) is 10.5 Å². The molecule has 1 fully saturated rings. The van der Waals surface area contributed by atoms with Gasteiger partial charge in [-0.25, -0.2) is 4.98 Å². The van der Waals surface area contributed by atoms with E-state index in [9.17, 15) is 4.79 Å². The predicted octanol–water partition coefficient (Wildman–Crippen LogP) is 5.79. The monoisotopic (exact) mass is 491 g/mol. The highest BCUT2D eigenvalue weighted by molar-refractivity contribution is 7.99. The molecule has 10 heteroatoms. The highest BCUT2D eigenvalue weighted by atomic mass is 35.5. The fourth-order valence-electron chi connectivity index (χ4n) is 3.87. The van der Waals surface area contributed by atoms with E-state index in [1.165, 1.54) is 29.5 Å². The van der Waals surface area contributed by atoms with Crippen LogP contribution in [0, 0.1) is 6.92 Å². The first kappa shape index (κ1) is 23.1. The zero-order chi connectivity index (χ0) is 22.7. The second kappa shape index (κ2) is 10.2. The minimum Gasteiger partial charge on any atom is -0.441 e. The van der Waals surface area contributed by atoms with E-state index in [1.807, 2.05) is 31.2 Å². The number of hydrogen-bond donors (Lipinski definition) is 1. The fraction of sp³-hybridized carbons (Fsp3) is 0.455. The maximum Gasteiger partial charge on any atom is 0.236 e. The molecular weight excluding hydrogens is 466 g/mol. The second-order valence-electron chi connectivity index (χ2n) is 8.00. The fourth-order valence-corrected chi connectivity index (χ4v) is 5.85. The van der Waals surface area contributed by atoms with Gasteiger partial charge in [-0.1, -0.05) is 29.0 Å². The number of nitrogens with zero attached hydrogens (tertiary/aromatic N) is 4. The molecule has 0 spiro atoms. The van der Waals surface area contributed by atoms with E-state index in [4.69, 9.17) is 16.0 Å². The third kappa shape index (κ3) is 5.44. The molecule has 4 rings (SSSR count). The van der Waals surface area contributed by atoms with Gasteiger partial charge in [0.2, 0.25) is 22.1 Å². The quantitative estimate of drug-likeness (QED) is 0.447. The van der Waals surface area contributed by atoms with Crippen LogP contribution in [0.5, 0.6) is 0 Å². The third-order valence-electron chi connectivity index (χ3n) is 5.51. The molecule has 2 aromatic heterocycles. The van der Waals surface area contributed by atoms with E-state index in [0.717, 1.165) is 35.0 Å². The number of nitrogens with one attached hydrogen (secondary N) is 1. The van der Waals surface area contributed by atoms with Crippen LogP contribution < -0.4 is 10.2 Å². The highest BCUT2D eigenvalue weighted by Gasteiger charge is 2.27. The lowest BCUT2D eigenvalue weighted by Crippen LogP contribution is -2.43. The van der Waals surface area contributed by atoms with Gasteiger partial charge < -0.3 is 9.32 Å². The van der Waals surface area contributed by atoms with E-state index in [2.05, 4.69) is 39.2 Å². The molecule has 2 unspecified atom stereocenters. The Balaban J connectivity index is 1.29. The molecule has 1 aromatic carbocycles. The molecule has 0 radical (unpaired) electrons. The Bertz CT molecular complexity index is 1080. The smallest absolute Gasteiger partial charge is 0.236 e. The van der Waals surface area contributed by atoms with E-state index in [-0.39, 0.29) is 5.91 Å². The van der Waals surface area contributed by atoms with E-state index in [1.54, 1.807) is 0 Å². The number of hydrogen-bond acceptors (Lipinski definition) is 8. The van der Waals surface area contributed by atoms with Crippen molar-refractivity contribution in [2.45, 2.75) is 57.9 Å². The summed E-state index contributed by atoms with van der Waals surface area (Å²) < 4.78 is 5.78. The normalized spacial score (nSPS) is 18.7. The lowest BCUT2D eigenvalue weighted by molar-refractivity contribution is -0.113. The Morgan fingerprint density at radius 3 is 2.84 bits per heavy atom. The van der Waals surface area contributed by atoms with E-state index in [0.29, 0.717) is 39.6 Å². The molecule has 0 aliphatic carbocycles. The van der Waals surface area contributed by atoms with Gasteiger partial charge in [-0.05, 0) is 58.2 Å². The minimum absolute atomic E-state index is 0.103. The van der Waals surface area contributed by atoms with Gasteiger partial charge in [-0.2, -0.15) is 0 Å². The molecule has 170 valence electrons. The summed E-state index contributed by atoms with van der Waals surface area (Å²) in [6, 6.07) is 8.27. The van der Waals surface area contributed by atoms with Gasteiger partial charge in [0.1, 0.15) is 5.76 Å². The topological polar surface area (TPSA) is 84.2 Å². The van der Waals surface area contributed by atoms with Gasteiger partial charge in [0.25, 0.3) is 0 Å². The number of benzene rings is 1. The van der Waals surface area contributed by atoms with Gasteiger partial charge in [-0.15, -0.1) is 22.0 Å². The van der Waals surface area contributed by atoms with Crippen LogP contribution in [0.2, 0.25) is 5.02 Å². The van der Waals surface area contributed by atoms with Gasteiger partial charge in [0.15, 0.2) is 0 Å². The molecule has 1 aliphatic rings. The Morgan fingerprint density at radius 2 is 2.09 bits per heavy atom. The van der Waals surface area contributed by atoms with Crippen molar-refractivity contribution >= 4 is 50.9 Å². The van der Waals surface area contributed by atoms with Crippen LogP contribution in [0.1, 0.15) is 44.6 Å². The van der Waals surface area contributed by atoms with Gasteiger partial charge in [-0.3, -0.25) is 10.1 Å². The summed E-state index contributed by atoms with van der Waals surface area (Å²) in [4.78, 5) is 19.3. The van der Waals surface area contributed by atoms with Crippen molar-refractivity contribution in [1.29, 1.82) is 0 Å². The molecule has 3 aromatic rings. The maximum absolute atomic E-state index is 12.4. The lowest BCUT2D eigenvalue weighted by Gasteiger charge is -2.38. The number of piperidine rings is 1. The summed E-state index contributed by atoms with van der Waals surface area (Å²) in [5.74, 6) is 2.05. The van der Waals surface area contributed by atoms with Crippen LogP contribution in [0.25, 0.3) is 11.5 Å². The summed E-state index contributed by atoms with van der Waals surface area (Å²) in [5.41, 5.74) is 1.66. The van der Waals surface area contributed by atoms with Crippen molar-refractivity contribution in [3.05, 3.63) is 40.7 Å². The molecule has 1 saturated heterocycles. The lowest BCUT2D eigenvalue weighted by atomic mass is 9.98. The minimum atomic E-state index is -0.103. The van der Waals surface area contributed by atoms with Crippen LogP contribution in [0.4, 0.5) is 10.3 Å². The first-order valence-electron chi connectivity index (χ1n) is 10.6. The number of thioether (sulfide) groups is 1. The first-order chi connectivity index (χ1) is 15.4. The molecule has 32 heavy (non-hydrogen) atoms. The van der Waals surface area contributed by atoms with Gasteiger partial charge in [0, 0.05) is 28.4 Å². The van der Waals surface area contributed by atoms with Crippen LogP contribution >= 0.6 is 34.7 Å². The molecule has 0 saturated carbocycles. The number of rotatable bonds is 7. The zero-order valence-corrected chi connectivity index (χ0v) is 20.7. The zero-order valence-electron chi connectivity index (χ0n) is 18.3. The van der Waals surface area contributed by atoms with Crippen LogP contribution in [0.3, 0.4) is 0 Å². The number of oxazole rings is 1. The van der Waals surface area contributed by atoms with Gasteiger partial charge in [0.05, 0.1) is 11.4 Å². The average molecular weight is 492 g/mol.